The molecule has 8 heteroatoms. The van der Waals surface area contributed by atoms with Gasteiger partial charge in [-0.05, 0) is 55.7 Å². The van der Waals surface area contributed by atoms with Gasteiger partial charge in [-0.1, -0.05) is 18.6 Å². The average molecular weight is 465 g/mol. The molecule has 0 heterocycles. The molecule has 0 aliphatic heterocycles. The Labute approximate surface area is 200 Å². The zero-order valence-corrected chi connectivity index (χ0v) is 20.1. The van der Waals surface area contributed by atoms with Gasteiger partial charge in [0.25, 0.3) is 11.8 Å². The Balaban J connectivity index is 1.62. The van der Waals surface area contributed by atoms with Crippen molar-refractivity contribution in [1.82, 2.24) is 9.80 Å². The first-order valence-electron chi connectivity index (χ1n) is 11.4. The Morgan fingerprint density at radius 1 is 0.706 bits per heavy atom. The molecule has 1 aliphatic rings. The van der Waals surface area contributed by atoms with Crippen LogP contribution in [0.5, 0.6) is 0 Å². The van der Waals surface area contributed by atoms with Crippen LogP contribution in [0.3, 0.4) is 0 Å². The van der Waals surface area contributed by atoms with E-state index in [1.807, 2.05) is 0 Å². The molecule has 2 aromatic rings. The molecule has 2 aromatic carbocycles. The van der Waals surface area contributed by atoms with Crippen LogP contribution in [0.2, 0.25) is 0 Å². The third-order valence-electron chi connectivity index (χ3n) is 5.98. The van der Waals surface area contributed by atoms with Crippen molar-refractivity contribution in [1.29, 1.82) is 0 Å². The van der Waals surface area contributed by atoms with Crippen molar-refractivity contribution in [3.8, 4) is 0 Å². The van der Waals surface area contributed by atoms with Crippen LogP contribution < -0.4 is 10.6 Å². The van der Waals surface area contributed by atoms with Gasteiger partial charge in [-0.3, -0.25) is 19.2 Å². The van der Waals surface area contributed by atoms with Crippen LogP contribution in [0, 0.1) is 11.8 Å². The number of carbonyl (C=O) groups is 4. The van der Waals surface area contributed by atoms with Gasteiger partial charge in [0.1, 0.15) is 0 Å². The van der Waals surface area contributed by atoms with Crippen molar-refractivity contribution in [2.24, 2.45) is 11.8 Å². The fraction of sp³-hybridized carbons (Fsp3) is 0.385. The highest BCUT2D eigenvalue weighted by Crippen LogP contribution is 2.31. The van der Waals surface area contributed by atoms with Crippen LogP contribution in [0.15, 0.2) is 48.5 Å². The highest BCUT2D eigenvalue weighted by atomic mass is 16.2. The molecule has 34 heavy (non-hydrogen) atoms. The van der Waals surface area contributed by atoms with Crippen LogP contribution in [-0.4, -0.2) is 61.6 Å². The highest BCUT2D eigenvalue weighted by Gasteiger charge is 2.31. The number of carbonyl (C=O) groups excluding carboxylic acids is 4. The first-order chi connectivity index (χ1) is 16.2. The summed E-state index contributed by atoms with van der Waals surface area (Å²) in [6.45, 7) is 0. The van der Waals surface area contributed by atoms with Crippen molar-refractivity contribution in [2.75, 3.05) is 38.8 Å². The summed E-state index contributed by atoms with van der Waals surface area (Å²) in [4.78, 5) is 53.2. The van der Waals surface area contributed by atoms with Crippen molar-refractivity contribution in [3.05, 3.63) is 59.7 Å². The van der Waals surface area contributed by atoms with E-state index in [0.29, 0.717) is 41.8 Å². The van der Waals surface area contributed by atoms with Crippen molar-refractivity contribution < 1.29 is 19.2 Å². The smallest absolute Gasteiger partial charge is 0.253 e. The monoisotopic (exact) mass is 464 g/mol. The van der Waals surface area contributed by atoms with E-state index < -0.39 is 0 Å². The molecular weight excluding hydrogens is 432 g/mol. The molecule has 2 atom stereocenters. The Bertz CT molecular complexity index is 996. The molecule has 180 valence electrons. The summed E-state index contributed by atoms with van der Waals surface area (Å²) >= 11 is 0. The minimum atomic E-state index is -0.292. The Morgan fingerprint density at radius 3 is 1.50 bits per heavy atom. The minimum absolute atomic E-state index is 0.137. The van der Waals surface area contributed by atoms with E-state index in [1.54, 1.807) is 76.7 Å². The molecule has 1 saturated carbocycles. The number of anilines is 2. The van der Waals surface area contributed by atoms with Gasteiger partial charge in [0.15, 0.2) is 0 Å². The van der Waals surface area contributed by atoms with Gasteiger partial charge in [-0.2, -0.15) is 0 Å². The summed E-state index contributed by atoms with van der Waals surface area (Å²) in [5.41, 5.74) is 2.12. The molecule has 4 amide bonds. The Hall–Kier alpha value is -3.68. The Morgan fingerprint density at radius 2 is 1.12 bits per heavy atom. The molecule has 0 spiro atoms. The molecule has 0 aromatic heterocycles. The lowest BCUT2D eigenvalue weighted by atomic mass is 9.80. The third-order valence-corrected chi connectivity index (χ3v) is 5.98. The van der Waals surface area contributed by atoms with Crippen LogP contribution >= 0.6 is 0 Å². The maximum atomic E-state index is 12.9. The molecule has 1 aliphatic carbocycles. The van der Waals surface area contributed by atoms with E-state index in [0.717, 1.165) is 6.42 Å². The quantitative estimate of drug-likeness (QED) is 0.684. The number of rotatable bonds is 6. The first-order valence-corrected chi connectivity index (χ1v) is 11.4. The number of nitrogens with one attached hydrogen (secondary N) is 2. The lowest BCUT2D eigenvalue weighted by molar-refractivity contribution is -0.124. The second-order valence-electron chi connectivity index (χ2n) is 9.10. The van der Waals surface area contributed by atoms with E-state index in [-0.39, 0.29) is 35.5 Å². The average Bonchev–Trinajstić information content (AvgIpc) is 2.83. The zero-order valence-electron chi connectivity index (χ0n) is 20.1. The normalized spacial score (nSPS) is 17.4. The summed E-state index contributed by atoms with van der Waals surface area (Å²) in [6, 6.07) is 13.7. The fourth-order valence-corrected chi connectivity index (χ4v) is 4.13. The van der Waals surface area contributed by atoms with Gasteiger partial charge in [0.05, 0.1) is 0 Å². The molecular formula is C26H32N4O4. The number of benzene rings is 2. The van der Waals surface area contributed by atoms with Crippen molar-refractivity contribution in [3.63, 3.8) is 0 Å². The molecule has 2 N–H and O–H groups in total. The fourth-order valence-electron chi connectivity index (χ4n) is 4.13. The molecule has 3 rings (SSSR count). The summed E-state index contributed by atoms with van der Waals surface area (Å²) in [5.74, 6) is -1.15. The summed E-state index contributed by atoms with van der Waals surface area (Å²) in [7, 11) is 6.71. The topological polar surface area (TPSA) is 98.8 Å². The highest BCUT2D eigenvalue weighted by molar-refractivity contribution is 5.99. The van der Waals surface area contributed by atoms with Gasteiger partial charge >= 0.3 is 0 Å². The second-order valence-corrected chi connectivity index (χ2v) is 9.10. The van der Waals surface area contributed by atoms with Crippen molar-refractivity contribution >= 4 is 35.0 Å². The minimum Gasteiger partial charge on any atom is -0.345 e. The largest absolute Gasteiger partial charge is 0.345 e. The van der Waals surface area contributed by atoms with E-state index in [9.17, 15) is 19.2 Å². The summed E-state index contributed by atoms with van der Waals surface area (Å²) in [6.07, 6.45) is 2.64. The van der Waals surface area contributed by atoms with Gasteiger partial charge in [0, 0.05) is 62.5 Å². The van der Waals surface area contributed by atoms with E-state index >= 15 is 0 Å². The predicted molar refractivity (Wildman–Crippen MR) is 132 cm³/mol. The van der Waals surface area contributed by atoms with E-state index in [2.05, 4.69) is 10.6 Å². The SMILES string of the molecule is CN(C)C(=O)c1cccc(NC(=O)C2CCCC(C(=O)Nc3cccc(C(=O)N(C)C)c3)C2)c1. The Kier molecular flexibility index (Phi) is 8.04. The van der Waals surface area contributed by atoms with Crippen LogP contribution in [0.25, 0.3) is 0 Å². The number of nitrogens with zero attached hydrogens (tertiary/aromatic N) is 2. The van der Waals surface area contributed by atoms with Gasteiger partial charge in [-0.25, -0.2) is 0 Å². The molecule has 0 bridgehead atoms. The van der Waals surface area contributed by atoms with Gasteiger partial charge < -0.3 is 20.4 Å². The predicted octanol–water partition coefficient (Wildman–Crippen LogP) is 3.47. The summed E-state index contributed by atoms with van der Waals surface area (Å²) < 4.78 is 0. The lowest BCUT2D eigenvalue weighted by Crippen LogP contribution is -2.33. The first kappa shape index (κ1) is 25.0. The number of amides is 4. The molecule has 2 unspecified atom stereocenters. The van der Waals surface area contributed by atoms with Gasteiger partial charge in [-0.15, -0.1) is 0 Å². The third kappa shape index (κ3) is 6.21. The van der Waals surface area contributed by atoms with Crippen LogP contribution in [0.1, 0.15) is 46.4 Å². The lowest BCUT2D eigenvalue weighted by Gasteiger charge is -2.27. The standard InChI is InChI=1S/C26H32N4O4/c1-29(2)25(33)19-10-6-12-21(15-19)27-23(31)17-8-5-9-18(14-17)24(32)28-22-13-7-11-20(16-22)26(34)30(3)4/h6-7,10-13,15-18H,5,8-9,14H2,1-4H3,(H,27,31)(H,28,32). The maximum absolute atomic E-state index is 12.9. The van der Waals surface area contributed by atoms with E-state index in [1.165, 1.54) is 9.80 Å². The molecule has 8 nitrogen and oxygen atoms in total. The van der Waals surface area contributed by atoms with Crippen LogP contribution in [-0.2, 0) is 9.59 Å². The van der Waals surface area contributed by atoms with E-state index in [4.69, 9.17) is 0 Å². The molecule has 0 saturated heterocycles. The summed E-state index contributed by atoms with van der Waals surface area (Å²) in [5, 5.41) is 5.80. The number of hydrogen-bond donors (Lipinski definition) is 2. The molecule has 1 fully saturated rings. The van der Waals surface area contributed by atoms with Crippen LogP contribution in [0.4, 0.5) is 11.4 Å². The zero-order chi connectivity index (χ0) is 24.8. The van der Waals surface area contributed by atoms with Crippen molar-refractivity contribution in [2.45, 2.75) is 25.7 Å². The number of hydrogen-bond acceptors (Lipinski definition) is 4. The second kappa shape index (κ2) is 11.0. The maximum Gasteiger partial charge on any atom is 0.253 e. The van der Waals surface area contributed by atoms with Gasteiger partial charge in [0.2, 0.25) is 11.8 Å². The molecule has 0 radical (unpaired) electrons.